The average Bonchev–Trinajstić information content (AvgIpc) is 2.33. The molecule has 0 spiro atoms. The molecule has 2 N–H and O–H groups in total. The van der Waals surface area contributed by atoms with Crippen molar-refractivity contribution in [3.05, 3.63) is 35.4 Å². The van der Waals surface area contributed by atoms with Gasteiger partial charge in [-0.3, -0.25) is 4.79 Å². The van der Waals surface area contributed by atoms with Crippen LogP contribution in [0.15, 0.2) is 24.3 Å². The fraction of sp³-hybridized carbons (Fsp3) is 0.533. The molecule has 3 nitrogen and oxygen atoms in total. The lowest BCUT2D eigenvalue weighted by molar-refractivity contribution is -0.151. The van der Waals surface area contributed by atoms with Gasteiger partial charge in [-0.2, -0.15) is 0 Å². The van der Waals surface area contributed by atoms with Crippen molar-refractivity contribution in [2.75, 3.05) is 13.7 Å². The molecule has 1 aromatic carbocycles. The Bertz CT molecular complexity index is 423. The summed E-state index contributed by atoms with van der Waals surface area (Å²) in [5.41, 5.74) is 7.49. The number of rotatable bonds is 4. The van der Waals surface area contributed by atoms with E-state index in [0.717, 1.165) is 18.4 Å². The van der Waals surface area contributed by atoms with E-state index in [-0.39, 0.29) is 5.97 Å². The van der Waals surface area contributed by atoms with Gasteiger partial charge in [-0.15, -0.1) is 0 Å². The van der Waals surface area contributed by atoms with E-state index < -0.39 is 5.41 Å². The smallest absolute Gasteiger partial charge is 0.317 e. The molecular formula is C15H21NO2. The largest absolute Gasteiger partial charge is 0.468 e. The van der Waals surface area contributed by atoms with Crippen LogP contribution in [0.2, 0.25) is 0 Å². The van der Waals surface area contributed by atoms with Crippen LogP contribution < -0.4 is 5.73 Å². The molecule has 0 saturated heterocycles. The first-order valence-electron chi connectivity index (χ1n) is 6.50. The van der Waals surface area contributed by atoms with E-state index in [4.69, 9.17) is 10.5 Å². The van der Waals surface area contributed by atoms with Crippen LogP contribution in [0.3, 0.4) is 0 Å². The van der Waals surface area contributed by atoms with Crippen molar-refractivity contribution >= 4 is 5.97 Å². The lowest BCUT2D eigenvalue weighted by Crippen LogP contribution is -2.52. The van der Waals surface area contributed by atoms with Crippen LogP contribution >= 0.6 is 0 Å². The molecule has 0 heterocycles. The Kier molecular flexibility index (Phi) is 3.71. The van der Waals surface area contributed by atoms with Gasteiger partial charge >= 0.3 is 5.97 Å². The fourth-order valence-corrected chi connectivity index (χ4v) is 2.82. The number of hydrogen-bond acceptors (Lipinski definition) is 3. The Morgan fingerprint density at radius 3 is 2.39 bits per heavy atom. The molecule has 98 valence electrons. The minimum Gasteiger partial charge on any atom is -0.468 e. The Hall–Kier alpha value is -1.35. The molecule has 0 bridgehead atoms. The van der Waals surface area contributed by atoms with Crippen molar-refractivity contribution in [2.45, 2.75) is 31.6 Å². The molecule has 1 saturated carbocycles. The predicted molar refractivity (Wildman–Crippen MR) is 71.3 cm³/mol. The molecule has 1 fully saturated rings. The lowest BCUT2D eigenvalue weighted by atomic mass is 9.62. The SMILES string of the molecule is COC(=O)C(CN)(c1ccc(C)cc1)C1CCC1. The second-order valence-corrected chi connectivity index (χ2v) is 5.16. The maximum Gasteiger partial charge on any atom is 0.317 e. The van der Waals surface area contributed by atoms with Crippen LogP contribution in [-0.4, -0.2) is 19.6 Å². The van der Waals surface area contributed by atoms with Gasteiger partial charge in [0.05, 0.1) is 7.11 Å². The summed E-state index contributed by atoms with van der Waals surface area (Å²) in [5.74, 6) is 0.121. The first kappa shape index (κ1) is 13.1. The molecule has 18 heavy (non-hydrogen) atoms. The molecule has 1 aromatic rings. The van der Waals surface area contributed by atoms with Gasteiger partial charge in [0.1, 0.15) is 5.41 Å². The summed E-state index contributed by atoms with van der Waals surface area (Å²) in [7, 11) is 1.44. The van der Waals surface area contributed by atoms with Gasteiger partial charge in [0.15, 0.2) is 0 Å². The molecule has 1 aliphatic rings. The Balaban J connectivity index is 2.45. The van der Waals surface area contributed by atoms with Crippen molar-refractivity contribution in [1.82, 2.24) is 0 Å². The molecule has 3 heteroatoms. The predicted octanol–water partition coefficient (Wildman–Crippen LogP) is 2.16. The highest BCUT2D eigenvalue weighted by Crippen LogP contribution is 2.44. The van der Waals surface area contributed by atoms with Gasteiger partial charge in [-0.05, 0) is 31.2 Å². The third kappa shape index (κ3) is 1.93. The highest BCUT2D eigenvalue weighted by Gasteiger charge is 2.49. The van der Waals surface area contributed by atoms with Crippen molar-refractivity contribution in [3.8, 4) is 0 Å². The van der Waals surface area contributed by atoms with Crippen molar-refractivity contribution < 1.29 is 9.53 Å². The van der Waals surface area contributed by atoms with Crippen molar-refractivity contribution in [3.63, 3.8) is 0 Å². The zero-order valence-corrected chi connectivity index (χ0v) is 11.1. The Labute approximate surface area is 108 Å². The molecule has 0 aromatic heterocycles. The summed E-state index contributed by atoms with van der Waals surface area (Å²) in [6.07, 6.45) is 3.29. The second kappa shape index (κ2) is 5.11. The second-order valence-electron chi connectivity index (χ2n) is 5.16. The van der Waals surface area contributed by atoms with E-state index in [1.54, 1.807) is 0 Å². The molecule has 0 aliphatic heterocycles. The standard InChI is InChI=1S/C15H21NO2/c1-11-6-8-13(9-7-11)15(10-16,14(17)18-2)12-4-3-5-12/h6-9,12H,3-5,10,16H2,1-2H3. The summed E-state index contributed by atoms with van der Waals surface area (Å²) in [5, 5.41) is 0. The molecule has 2 rings (SSSR count). The lowest BCUT2D eigenvalue weighted by Gasteiger charge is -2.42. The number of hydrogen-bond donors (Lipinski definition) is 1. The van der Waals surface area contributed by atoms with Gasteiger partial charge in [-0.1, -0.05) is 36.2 Å². The maximum absolute atomic E-state index is 12.3. The van der Waals surface area contributed by atoms with E-state index in [1.807, 2.05) is 31.2 Å². The van der Waals surface area contributed by atoms with Gasteiger partial charge in [0.25, 0.3) is 0 Å². The van der Waals surface area contributed by atoms with Gasteiger partial charge in [-0.25, -0.2) is 0 Å². The molecule has 1 atom stereocenters. The number of carbonyl (C=O) groups excluding carboxylic acids is 1. The minimum atomic E-state index is -0.652. The number of aryl methyl sites for hydroxylation is 1. The van der Waals surface area contributed by atoms with Gasteiger partial charge in [0.2, 0.25) is 0 Å². The van der Waals surface area contributed by atoms with E-state index in [0.29, 0.717) is 12.5 Å². The average molecular weight is 247 g/mol. The highest BCUT2D eigenvalue weighted by atomic mass is 16.5. The molecule has 1 unspecified atom stereocenters. The number of carbonyl (C=O) groups is 1. The Morgan fingerprint density at radius 2 is 2.00 bits per heavy atom. The van der Waals surface area contributed by atoms with Crippen LogP contribution in [0.25, 0.3) is 0 Å². The summed E-state index contributed by atoms with van der Waals surface area (Å²) >= 11 is 0. The van der Waals surface area contributed by atoms with Crippen molar-refractivity contribution in [1.29, 1.82) is 0 Å². The van der Waals surface area contributed by atoms with Crippen LogP contribution in [0.1, 0.15) is 30.4 Å². The molecule has 1 aliphatic carbocycles. The zero-order chi connectivity index (χ0) is 13.2. The van der Waals surface area contributed by atoms with E-state index >= 15 is 0 Å². The van der Waals surface area contributed by atoms with Crippen LogP contribution in [0.4, 0.5) is 0 Å². The molecule has 0 amide bonds. The number of nitrogens with two attached hydrogens (primary N) is 1. The van der Waals surface area contributed by atoms with E-state index in [9.17, 15) is 4.79 Å². The quantitative estimate of drug-likeness (QED) is 0.830. The highest BCUT2D eigenvalue weighted by molar-refractivity contribution is 5.84. The number of methoxy groups -OCH3 is 1. The maximum atomic E-state index is 12.3. The third-order valence-corrected chi connectivity index (χ3v) is 4.24. The van der Waals surface area contributed by atoms with Crippen molar-refractivity contribution in [2.24, 2.45) is 11.7 Å². The fourth-order valence-electron chi connectivity index (χ4n) is 2.82. The number of benzene rings is 1. The van der Waals surface area contributed by atoms with Crippen LogP contribution in [0.5, 0.6) is 0 Å². The normalized spacial score (nSPS) is 18.8. The Morgan fingerprint density at radius 1 is 1.39 bits per heavy atom. The topological polar surface area (TPSA) is 52.3 Å². The summed E-state index contributed by atoms with van der Waals surface area (Å²) in [6.45, 7) is 2.35. The summed E-state index contributed by atoms with van der Waals surface area (Å²) < 4.78 is 5.03. The molecule has 0 radical (unpaired) electrons. The third-order valence-electron chi connectivity index (χ3n) is 4.24. The number of ether oxygens (including phenoxy) is 1. The first-order valence-corrected chi connectivity index (χ1v) is 6.50. The number of esters is 1. The first-order chi connectivity index (χ1) is 8.65. The van der Waals surface area contributed by atoms with E-state index in [1.165, 1.54) is 19.1 Å². The van der Waals surface area contributed by atoms with Crippen LogP contribution in [0, 0.1) is 12.8 Å². The summed E-state index contributed by atoms with van der Waals surface area (Å²) in [4.78, 5) is 12.3. The minimum absolute atomic E-state index is 0.196. The molecular weight excluding hydrogens is 226 g/mol. The monoisotopic (exact) mass is 247 g/mol. The summed E-state index contributed by atoms with van der Waals surface area (Å²) in [6, 6.07) is 8.08. The van der Waals surface area contributed by atoms with Crippen LogP contribution in [-0.2, 0) is 14.9 Å². The van der Waals surface area contributed by atoms with E-state index in [2.05, 4.69) is 0 Å². The zero-order valence-electron chi connectivity index (χ0n) is 11.1. The van der Waals surface area contributed by atoms with Gasteiger partial charge in [0, 0.05) is 6.54 Å². The van der Waals surface area contributed by atoms with Gasteiger partial charge < -0.3 is 10.5 Å².